The molecule has 18 heteroatoms. The summed E-state index contributed by atoms with van der Waals surface area (Å²) in [5.41, 5.74) is 0.975. The molecule has 2 aromatic carbocycles. The molecule has 5 aromatic rings. The highest BCUT2D eigenvalue weighted by atomic mass is 32.1. The van der Waals surface area contributed by atoms with Gasteiger partial charge in [-0.3, -0.25) is 19.7 Å². The Morgan fingerprint density at radius 1 is 0.845 bits per heavy atom. The summed E-state index contributed by atoms with van der Waals surface area (Å²) in [4.78, 5) is 60.9. The number of piperazine rings is 2. The van der Waals surface area contributed by atoms with E-state index in [0.29, 0.717) is 61.7 Å². The molecule has 1 atom stereocenters. The van der Waals surface area contributed by atoms with Crippen molar-refractivity contribution in [3.8, 4) is 16.3 Å². The highest BCUT2D eigenvalue weighted by molar-refractivity contribution is 7.18. The molecule has 3 aromatic heterocycles. The molecule has 1 unspecified atom stereocenters. The van der Waals surface area contributed by atoms with Crippen molar-refractivity contribution in [1.82, 2.24) is 29.1 Å². The van der Waals surface area contributed by atoms with Gasteiger partial charge in [0.05, 0.1) is 34.8 Å². The molecule has 0 bridgehead atoms. The van der Waals surface area contributed by atoms with Gasteiger partial charge in [0.1, 0.15) is 17.2 Å². The van der Waals surface area contributed by atoms with Crippen LogP contribution in [0.5, 0.6) is 5.75 Å². The Balaban J connectivity index is 0.986. The van der Waals surface area contributed by atoms with E-state index in [4.69, 9.17) is 4.74 Å². The lowest BCUT2D eigenvalue weighted by Gasteiger charge is -2.39. The summed E-state index contributed by atoms with van der Waals surface area (Å²) in [6, 6.07) is 3.81. The van der Waals surface area contributed by atoms with Crippen LogP contribution in [0.15, 0.2) is 40.2 Å². The van der Waals surface area contributed by atoms with E-state index in [1.807, 2.05) is 26.0 Å². The standard InChI is InChI=1S/C40H44F2N10O5S/c1-21-18-50(10-9-47(21)3)34-29(42)16-26-33(37(34)57-4)52(24-7-8-24)20-30(36(26)55)43-39(56)44-40-46-45-38(58-40)27-19-51(23-5-6-23)31-17-32(28(41)15-25(31)35(27)54)49-13-11-48(12-14-49)22(2)53/h15-17,19-21,23-24H,5-14,18H2,1-4H3,(H2,43,44,46,56). The van der Waals surface area contributed by atoms with Gasteiger partial charge in [0, 0.05) is 88.6 Å². The van der Waals surface area contributed by atoms with Gasteiger partial charge in [-0.25, -0.2) is 13.6 Å². The topological polar surface area (TPSA) is 150 Å². The zero-order valence-electron chi connectivity index (χ0n) is 32.7. The number of nitrogens with zero attached hydrogens (tertiary/aromatic N) is 8. The van der Waals surface area contributed by atoms with Crippen LogP contribution < -0.4 is 36.0 Å². The van der Waals surface area contributed by atoms with Gasteiger partial charge in [-0.2, -0.15) is 0 Å². The molecule has 15 nitrogen and oxygen atoms in total. The number of nitrogens with one attached hydrogen (secondary N) is 2. The number of halogens is 2. The zero-order chi connectivity index (χ0) is 40.6. The molecule has 0 spiro atoms. The molecule has 5 heterocycles. The number of hydrogen-bond donors (Lipinski definition) is 2. The van der Waals surface area contributed by atoms with Gasteiger partial charge in [-0.1, -0.05) is 11.3 Å². The van der Waals surface area contributed by atoms with Crippen LogP contribution in [0.4, 0.5) is 35.8 Å². The Kier molecular flexibility index (Phi) is 9.57. The lowest BCUT2D eigenvalue weighted by atomic mass is 10.1. The van der Waals surface area contributed by atoms with E-state index in [-0.39, 0.29) is 61.9 Å². The summed E-state index contributed by atoms with van der Waals surface area (Å²) >= 11 is 0.969. The summed E-state index contributed by atoms with van der Waals surface area (Å²) in [7, 11) is 3.51. The fourth-order valence-electron chi connectivity index (χ4n) is 8.22. The zero-order valence-corrected chi connectivity index (χ0v) is 33.5. The quantitative estimate of drug-likeness (QED) is 0.213. The van der Waals surface area contributed by atoms with Crippen LogP contribution in [0.3, 0.4) is 0 Å². The Hall–Kier alpha value is -5.62. The maximum atomic E-state index is 16.0. The average molecular weight is 815 g/mol. The minimum Gasteiger partial charge on any atom is -0.492 e. The fraction of sp³-hybridized carbons (Fsp3) is 0.450. The molecule has 4 aliphatic rings. The van der Waals surface area contributed by atoms with Crippen molar-refractivity contribution in [3.05, 3.63) is 62.7 Å². The molecular formula is C40H44F2N10O5S. The minimum absolute atomic E-state index is 0.0170. The Labute approximate surface area is 335 Å². The van der Waals surface area contributed by atoms with Crippen molar-refractivity contribution in [3.63, 3.8) is 0 Å². The van der Waals surface area contributed by atoms with E-state index in [1.165, 1.54) is 26.2 Å². The first-order valence-corrected chi connectivity index (χ1v) is 20.4. The number of fused-ring (bicyclic) bond motifs is 2. The van der Waals surface area contributed by atoms with E-state index in [0.717, 1.165) is 43.6 Å². The third kappa shape index (κ3) is 6.80. The normalized spacial score (nSPS) is 18.9. The van der Waals surface area contributed by atoms with Gasteiger partial charge in [0.25, 0.3) is 0 Å². The van der Waals surface area contributed by atoms with Gasteiger partial charge < -0.3 is 38.8 Å². The number of methoxy groups -OCH3 is 1. The molecule has 58 heavy (non-hydrogen) atoms. The molecule has 0 radical (unpaired) electrons. The number of pyridine rings is 2. The maximum Gasteiger partial charge on any atom is 0.325 e. The van der Waals surface area contributed by atoms with Crippen molar-refractivity contribution in [2.45, 2.75) is 57.7 Å². The van der Waals surface area contributed by atoms with Gasteiger partial charge in [0.2, 0.25) is 16.5 Å². The summed E-state index contributed by atoms with van der Waals surface area (Å²) in [5.74, 6) is -0.839. The first-order chi connectivity index (χ1) is 27.9. The first kappa shape index (κ1) is 37.9. The molecule has 2 aliphatic heterocycles. The molecule has 304 valence electrons. The van der Waals surface area contributed by atoms with Crippen LogP contribution in [0, 0.1) is 11.6 Å². The molecule has 3 amide bonds. The Bertz CT molecular complexity index is 2610. The third-order valence-electron chi connectivity index (χ3n) is 11.8. The molecule has 4 fully saturated rings. The summed E-state index contributed by atoms with van der Waals surface area (Å²) < 4.78 is 41.4. The number of ether oxygens (including phenoxy) is 1. The van der Waals surface area contributed by atoms with E-state index in [2.05, 4.69) is 32.7 Å². The lowest BCUT2D eigenvalue weighted by Crippen LogP contribution is -2.50. The van der Waals surface area contributed by atoms with Crippen molar-refractivity contribution in [2.24, 2.45) is 0 Å². The fourth-order valence-corrected chi connectivity index (χ4v) is 8.96. The van der Waals surface area contributed by atoms with E-state index >= 15 is 8.78 Å². The van der Waals surface area contributed by atoms with Crippen molar-refractivity contribution < 1.29 is 23.1 Å². The molecular weight excluding hydrogens is 771 g/mol. The van der Waals surface area contributed by atoms with Crippen molar-refractivity contribution in [1.29, 1.82) is 0 Å². The van der Waals surface area contributed by atoms with Gasteiger partial charge >= 0.3 is 6.03 Å². The Morgan fingerprint density at radius 2 is 1.53 bits per heavy atom. The van der Waals surface area contributed by atoms with Gasteiger partial charge in [0.15, 0.2) is 22.0 Å². The number of carbonyl (C=O) groups excluding carboxylic acids is 2. The summed E-state index contributed by atoms with van der Waals surface area (Å²) in [5, 5.41) is 14.2. The second-order valence-electron chi connectivity index (χ2n) is 15.7. The van der Waals surface area contributed by atoms with Crippen LogP contribution in [0.25, 0.3) is 32.4 Å². The lowest BCUT2D eigenvalue weighted by molar-refractivity contribution is -0.129. The summed E-state index contributed by atoms with van der Waals surface area (Å²) in [6.45, 7) is 7.47. The number of anilines is 4. The average Bonchev–Trinajstić information content (AvgIpc) is 4.15. The van der Waals surface area contributed by atoms with E-state index < -0.39 is 28.5 Å². The van der Waals surface area contributed by atoms with E-state index in [1.54, 1.807) is 23.4 Å². The molecule has 2 N–H and O–H groups in total. The minimum atomic E-state index is -0.774. The van der Waals surface area contributed by atoms with Crippen molar-refractivity contribution in [2.75, 3.05) is 80.4 Å². The SMILES string of the molecule is COc1c(N2CCN(C)C(C)C2)c(F)cc2c(=O)c(NC(=O)Nc3nnc(-c4cn(C5CC5)c5cc(N6CCN(C(C)=O)CC6)c(F)cc5c4=O)s3)cn(C3CC3)c12. The number of urea groups is 1. The summed E-state index contributed by atoms with van der Waals surface area (Å²) in [6.07, 6.45) is 6.80. The monoisotopic (exact) mass is 814 g/mol. The second kappa shape index (κ2) is 14.6. The predicted molar refractivity (Wildman–Crippen MR) is 220 cm³/mol. The number of hydrogen-bond acceptors (Lipinski definition) is 11. The van der Waals surface area contributed by atoms with E-state index in [9.17, 15) is 19.2 Å². The molecule has 2 saturated carbocycles. The highest BCUT2D eigenvalue weighted by Crippen LogP contribution is 2.45. The number of aromatic nitrogens is 4. The first-order valence-electron chi connectivity index (χ1n) is 19.6. The van der Waals surface area contributed by atoms with Gasteiger partial charge in [-0.15, -0.1) is 10.2 Å². The van der Waals surface area contributed by atoms with Crippen LogP contribution in [-0.4, -0.2) is 107 Å². The molecule has 9 rings (SSSR count). The third-order valence-corrected chi connectivity index (χ3v) is 12.7. The molecule has 2 aliphatic carbocycles. The predicted octanol–water partition coefficient (Wildman–Crippen LogP) is 5.24. The van der Waals surface area contributed by atoms with Crippen LogP contribution in [0.2, 0.25) is 0 Å². The number of benzene rings is 2. The largest absolute Gasteiger partial charge is 0.492 e. The Morgan fingerprint density at radius 3 is 2.21 bits per heavy atom. The number of amides is 3. The number of likely N-dealkylation sites (N-methyl/N-ethyl adjacent to an activating group) is 1. The van der Waals surface area contributed by atoms with Crippen LogP contribution in [-0.2, 0) is 4.79 Å². The molecule has 2 saturated heterocycles. The van der Waals surface area contributed by atoms with Crippen molar-refractivity contribution >= 4 is 67.3 Å². The van der Waals surface area contributed by atoms with Crippen LogP contribution in [0.1, 0.15) is 51.6 Å². The highest BCUT2D eigenvalue weighted by Gasteiger charge is 2.33. The second-order valence-corrected chi connectivity index (χ2v) is 16.7. The number of rotatable bonds is 8. The number of carbonyl (C=O) groups is 2. The van der Waals surface area contributed by atoms with Crippen LogP contribution >= 0.6 is 11.3 Å². The smallest absolute Gasteiger partial charge is 0.325 e. The van der Waals surface area contributed by atoms with Gasteiger partial charge in [-0.05, 0) is 57.9 Å². The maximum absolute atomic E-state index is 16.0.